The number of carbonyl (C=O) groups excluding carboxylic acids is 1. The van der Waals surface area contributed by atoms with E-state index in [-0.39, 0.29) is 12.5 Å². The lowest BCUT2D eigenvalue weighted by molar-refractivity contribution is -0.134. The lowest BCUT2D eigenvalue weighted by Gasteiger charge is -2.35. The Morgan fingerprint density at radius 2 is 1.95 bits per heavy atom. The van der Waals surface area contributed by atoms with Crippen molar-refractivity contribution < 1.29 is 4.79 Å². The van der Waals surface area contributed by atoms with E-state index >= 15 is 0 Å². The summed E-state index contributed by atoms with van der Waals surface area (Å²) in [4.78, 5) is 14.4. The minimum absolute atomic E-state index is 0.138. The number of hydrogen-bond acceptors (Lipinski definition) is 3. The highest BCUT2D eigenvalue weighted by molar-refractivity contribution is 5.79. The maximum absolute atomic E-state index is 12.4. The van der Waals surface area contributed by atoms with Crippen molar-refractivity contribution in [3.8, 4) is 0 Å². The molecule has 1 saturated heterocycles. The fourth-order valence-corrected chi connectivity index (χ4v) is 3.13. The number of carbonyl (C=O) groups is 1. The highest BCUT2D eigenvalue weighted by Crippen LogP contribution is 2.21. The van der Waals surface area contributed by atoms with Crippen LogP contribution < -0.4 is 0 Å². The van der Waals surface area contributed by atoms with Gasteiger partial charge in [0.2, 0.25) is 5.91 Å². The fourth-order valence-electron chi connectivity index (χ4n) is 3.13. The molecule has 1 aromatic carbocycles. The van der Waals surface area contributed by atoms with Crippen LogP contribution in [0.15, 0.2) is 24.3 Å². The van der Waals surface area contributed by atoms with Crippen LogP contribution in [0.1, 0.15) is 20.3 Å². The van der Waals surface area contributed by atoms with Crippen molar-refractivity contribution in [2.75, 3.05) is 13.1 Å². The average Bonchev–Trinajstić information content (AvgIpc) is 2.81. The van der Waals surface area contributed by atoms with E-state index in [1.165, 1.54) is 6.42 Å². The van der Waals surface area contributed by atoms with E-state index in [0.717, 1.165) is 24.1 Å². The van der Waals surface area contributed by atoms with Crippen molar-refractivity contribution in [2.24, 2.45) is 11.8 Å². The van der Waals surface area contributed by atoms with Crippen LogP contribution in [0.5, 0.6) is 0 Å². The van der Waals surface area contributed by atoms with E-state index in [0.29, 0.717) is 11.8 Å². The average molecular weight is 272 g/mol. The first kappa shape index (κ1) is 13.1. The second-order valence-corrected chi connectivity index (χ2v) is 5.98. The minimum atomic E-state index is 0.138. The van der Waals surface area contributed by atoms with E-state index in [9.17, 15) is 4.79 Å². The van der Waals surface area contributed by atoms with Crippen LogP contribution in [0.25, 0.3) is 11.0 Å². The zero-order valence-corrected chi connectivity index (χ0v) is 12.0. The number of amides is 1. The highest BCUT2D eigenvalue weighted by atomic mass is 16.2. The third-order valence-electron chi connectivity index (χ3n) is 3.93. The SMILES string of the molecule is C[C@@H]1C[C@@H](C)CN(C(=O)Cn2nnc3ccccc32)C1. The summed E-state index contributed by atoms with van der Waals surface area (Å²) in [6, 6.07) is 7.73. The number of aromatic nitrogens is 3. The molecule has 5 heteroatoms. The van der Waals surface area contributed by atoms with Gasteiger partial charge in [-0.25, -0.2) is 4.68 Å². The van der Waals surface area contributed by atoms with Crippen molar-refractivity contribution >= 4 is 16.9 Å². The first-order valence-corrected chi connectivity index (χ1v) is 7.19. The molecule has 0 unspecified atom stereocenters. The van der Waals surface area contributed by atoms with E-state index in [1.54, 1.807) is 4.68 Å². The van der Waals surface area contributed by atoms with Crippen molar-refractivity contribution in [1.29, 1.82) is 0 Å². The smallest absolute Gasteiger partial charge is 0.244 e. The number of piperidine rings is 1. The van der Waals surface area contributed by atoms with Crippen LogP contribution in [0.3, 0.4) is 0 Å². The summed E-state index contributed by atoms with van der Waals surface area (Å²) in [5.74, 6) is 1.30. The Morgan fingerprint density at radius 1 is 1.25 bits per heavy atom. The maximum Gasteiger partial charge on any atom is 0.244 e. The Balaban J connectivity index is 1.75. The molecule has 3 rings (SSSR count). The molecule has 1 fully saturated rings. The largest absolute Gasteiger partial charge is 0.341 e. The van der Waals surface area contributed by atoms with Gasteiger partial charge in [0.05, 0.1) is 5.52 Å². The number of benzene rings is 1. The summed E-state index contributed by atoms with van der Waals surface area (Å²) in [6.45, 7) is 6.41. The van der Waals surface area contributed by atoms with Gasteiger partial charge in [0.25, 0.3) is 0 Å². The van der Waals surface area contributed by atoms with Gasteiger partial charge in [-0.15, -0.1) is 5.10 Å². The molecule has 1 aliphatic heterocycles. The van der Waals surface area contributed by atoms with Gasteiger partial charge in [-0.3, -0.25) is 4.79 Å². The lowest BCUT2D eigenvalue weighted by atomic mass is 9.92. The summed E-state index contributed by atoms with van der Waals surface area (Å²) in [7, 11) is 0. The number of para-hydroxylation sites is 1. The number of likely N-dealkylation sites (tertiary alicyclic amines) is 1. The molecule has 2 atom stereocenters. The van der Waals surface area contributed by atoms with Gasteiger partial charge < -0.3 is 4.90 Å². The predicted octanol–water partition coefficient (Wildman–Crippen LogP) is 1.94. The molecule has 1 aromatic heterocycles. The van der Waals surface area contributed by atoms with Crippen LogP contribution in [-0.2, 0) is 11.3 Å². The summed E-state index contributed by atoms with van der Waals surface area (Å²) in [5, 5.41) is 8.18. The van der Waals surface area contributed by atoms with E-state index in [2.05, 4.69) is 24.2 Å². The zero-order chi connectivity index (χ0) is 14.1. The molecular weight excluding hydrogens is 252 g/mol. The molecule has 20 heavy (non-hydrogen) atoms. The van der Waals surface area contributed by atoms with Crippen LogP contribution in [0, 0.1) is 11.8 Å². The Labute approximate surface area is 118 Å². The molecule has 0 saturated carbocycles. The van der Waals surface area contributed by atoms with Gasteiger partial charge in [0.15, 0.2) is 0 Å². The molecule has 0 bridgehead atoms. The Morgan fingerprint density at radius 3 is 2.70 bits per heavy atom. The number of nitrogens with zero attached hydrogens (tertiary/aromatic N) is 4. The van der Waals surface area contributed by atoms with Crippen LogP contribution in [-0.4, -0.2) is 38.9 Å². The molecule has 2 aromatic rings. The zero-order valence-electron chi connectivity index (χ0n) is 12.0. The summed E-state index contributed by atoms with van der Waals surface area (Å²) < 4.78 is 1.70. The topological polar surface area (TPSA) is 51.0 Å². The van der Waals surface area contributed by atoms with E-state index in [4.69, 9.17) is 0 Å². The van der Waals surface area contributed by atoms with Crippen molar-refractivity contribution in [2.45, 2.75) is 26.8 Å². The highest BCUT2D eigenvalue weighted by Gasteiger charge is 2.25. The molecule has 106 valence electrons. The summed E-state index contributed by atoms with van der Waals surface area (Å²) in [6.07, 6.45) is 1.20. The Hall–Kier alpha value is -1.91. The van der Waals surface area contributed by atoms with Gasteiger partial charge >= 0.3 is 0 Å². The maximum atomic E-state index is 12.4. The second kappa shape index (κ2) is 5.23. The first-order valence-electron chi connectivity index (χ1n) is 7.19. The standard InChI is InChI=1S/C15H20N4O/c1-11-7-12(2)9-18(8-11)15(20)10-19-14-6-4-3-5-13(14)16-17-19/h3-6,11-12H,7-10H2,1-2H3/t11-,12-/m1/s1. The molecule has 0 aliphatic carbocycles. The van der Waals surface area contributed by atoms with Gasteiger partial charge in [0.1, 0.15) is 12.1 Å². The third-order valence-corrected chi connectivity index (χ3v) is 3.93. The molecule has 2 heterocycles. The summed E-state index contributed by atoms with van der Waals surface area (Å²) in [5.41, 5.74) is 1.75. The first-order chi connectivity index (χ1) is 9.63. The third kappa shape index (κ3) is 2.53. The van der Waals surface area contributed by atoms with Gasteiger partial charge in [-0.2, -0.15) is 0 Å². The van der Waals surface area contributed by atoms with E-state index < -0.39 is 0 Å². The predicted molar refractivity (Wildman–Crippen MR) is 77.1 cm³/mol. The molecule has 1 aliphatic rings. The Bertz CT molecular complexity index is 611. The van der Waals surface area contributed by atoms with Crippen molar-refractivity contribution in [3.63, 3.8) is 0 Å². The van der Waals surface area contributed by atoms with Crippen molar-refractivity contribution in [1.82, 2.24) is 19.9 Å². The molecular formula is C15H20N4O. The Kier molecular flexibility index (Phi) is 3.42. The van der Waals surface area contributed by atoms with Gasteiger partial charge in [-0.05, 0) is 30.4 Å². The van der Waals surface area contributed by atoms with Crippen LogP contribution >= 0.6 is 0 Å². The fraction of sp³-hybridized carbons (Fsp3) is 0.533. The molecule has 0 spiro atoms. The van der Waals surface area contributed by atoms with Gasteiger partial charge in [-0.1, -0.05) is 31.2 Å². The van der Waals surface area contributed by atoms with E-state index in [1.807, 2.05) is 29.2 Å². The van der Waals surface area contributed by atoms with Gasteiger partial charge in [0, 0.05) is 13.1 Å². The molecule has 0 radical (unpaired) electrons. The monoisotopic (exact) mass is 272 g/mol. The van der Waals surface area contributed by atoms with Crippen molar-refractivity contribution in [3.05, 3.63) is 24.3 Å². The van der Waals surface area contributed by atoms with Crippen LogP contribution in [0.4, 0.5) is 0 Å². The molecule has 0 N–H and O–H groups in total. The number of hydrogen-bond donors (Lipinski definition) is 0. The normalized spacial score (nSPS) is 23.2. The number of fused-ring (bicyclic) bond motifs is 1. The minimum Gasteiger partial charge on any atom is -0.341 e. The lowest BCUT2D eigenvalue weighted by Crippen LogP contribution is -2.44. The molecule has 5 nitrogen and oxygen atoms in total. The van der Waals surface area contributed by atoms with Crippen LogP contribution in [0.2, 0.25) is 0 Å². The summed E-state index contributed by atoms with van der Waals surface area (Å²) >= 11 is 0. The quantitative estimate of drug-likeness (QED) is 0.839. The molecule has 1 amide bonds. The second-order valence-electron chi connectivity index (χ2n) is 5.98. The number of rotatable bonds is 2.